The van der Waals surface area contributed by atoms with Gasteiger partial charge in [-0.05, 0) is 49.2 Å². The van der Waals surface area contributed by atoms with Crippen molar-refractivity contribution in [1.82, 2.24) is 0 Å². The van der Waals surface area contributed by atoms with Crippen LogP contribution in [0, 0.1) is 13.8 Å². The van der Waals surface area contributed by atoms with Gasteiger partial charge in [-0.2, -0.15) is 0 Å². The molecule has 126 valence electrons. The van der Waals surface area contributed by atoms with Gasteiger partial charge >= 0.3 is 5.97 Å². The fourth-order valence-electron chi connectivity index (χ4n) is 2.54. The Hall–Kier alpha value is -2.69. The molecule has 0 atom stereocenters. The normalized spacial score (nSPS) is 12.6. The van der Waals surface area contributed by atoms with Crippen molar-refractivity contribution in [2.24, 2.45) is 0 Å². The van der Waals surface area contributed by atoms with Crippen LogP contribution in [0.4, 0.5) is 0 Å². The molecular formula is C19H20O5. The molecule has 2 aromatic carbocycles. The summed E-state index contributed by atoms with van der Waals surface area (Å²) >= 11 is 0. The van der Waals surface area contributed by atoms with Crippen LogP contribution in [0.25, 0.3) is 0 Å². The standard InChI is InChI=1S/C19H20O5/c1-13-9-14(2)11-16(10-13)21-6-5-19(20)24-15-3-4-17-18(12-15)23-8-7-22-17/h3-4,9-12H,5-8H2,1-2H3. The number of carbonyl (C=O) groups excluding carboxylic acids is 1. The predicted molar refractivity (Wildman–Crippen MR) is 89.1 cm³/mol. The van der Waals surface area contributed by atoms with Gasteiger partial charge in [-0.3, -0.25) is 4.79 Å². The largest absolute Gasteiger partial charge is 0.493 e. The average molecular weight is 328 g/mol. The van der Waals surface area contributed by atoms with Gasteiger partial charge in [0, 0.05) is 6.07 Å². The Labute approximate surface area is 141 Å². The maximum atomic E-state index is 11.9. The third kappa shape index (κ3) is 4.19. The molecule has 24 heavy (non-hydrogen) atoms. The molecule has 5 heteroatoms. The van der Waals surface area contributed by atoms with E-state index in [0.29, 0.717) is 30.5 Å². The quantitative estimate of drug-likeness (QED) is 0.621. The van der Waals surface area contributed by atoms with Crippen molar-refractivity contribution in [3.8, 4) is 23.0 Å². The van der Waals surface area contributed by atoms with E-state index in [-0.39, 0.29) is 19.0 Å². The van der Waals surface area contributed by atoms with Crippen LogP contribution in [0.5, 0.6) is 23.0 Å². The number of hydrogen-bond acceptors (Lipinski definition) is 5. The van der Waals surface area contributed by atoms with Crippen molar-refractivity contribution >= 4 is 5.97 Å². The van der Waals surface area contributed by atoms with Gasteiger partial charge in [0.05, 0.1) is 13.0 Å². The minimum Gasteiger partial charge on any atom is -0.493 e. The first-order chi connectivity index (χ1) is 11.6. The van der Waals surface area contributed by atoms with Crippen LogP contribution in [-0.4, -0.2) is 25.8 Å². The fourth-order valence-corrected chi connectivity index (χ4v) is 2.54. The Morgan fingerprint density at radius 3 is 2.42 bits per heavy atom. The highest BCUT2D eigenvalue weighted by atomic mass is 16.6. The fraction of sp³-hybridized carbons (Fsp3) is 0.316. The molecule has 0 aliphatic carbocycles. The number of esters is 1. The minimum absolute atomic E-state index is 0.168. The van der Waals surface area contributed by atoms with Gasteiger partial charge in [0.2, 0.25) is 0 Å². The average Bonchev–Trinajstić information content (AvgIpc) is 2.54. The Bertz CT molecular complexity index is 718. The third-order valence-electron chi connectivity index (χ3n) is 3.52. The van der Waals surface area contributed by atoms with Crippen LogP contribution in [0.2, 0.25) is 0 Å². The molecule has 5 nitrogen and oxygen atoms in total. The lowest BCUT2D eigenvalue weighted by Gasteiger charge is -2.18. The Kier molecular flexibility index (Phi) is 4.89. The van der Waals surface area contributed by atoms with Crippen LogP contribution in [0.1, 0.15) is 17.5 Å². The summed E-state index contributed by atoms with van der Waals surface area (Å²) < 4.78 is 21.8. The zero-order valence-corrected chi connectivity index (χ0v) is 13.8. The van der Waals surface area contributed by atoms with E-state index in [4.69, 9.17) is 18.9 Å². The summed E-state index contributed by atoms with van der Waals surface area (Å²) in [4.78, 5) is 11.9. The second-order valence-electron chi connectivity index (χ2n) is 5.70. The summed E-state index contributed by atoms with van der Waals surface area (Å²) in [6, 6.07) is 11.1. The smallest absolute Gasteiger partial charge is 0.314 e. The monoisotopic (exact) mass is 328 g/mol. The molecule has 0 fully saturated rings. The minimum atomic E-state index is -0.351. The van der Waals surface area contributed by atoms with Gasteiger partial charge in [-0.25, -0.2) is 0 Å². The van der Waals surface area contributed by atoms with Gasteiger partial charge in [0.25, 0.3) is 0 Å². The summed E-state index contributed by atoms with van der Waals surface area (Å²) in [5.74, 6) is 2.11. The third-order valence-corrected chi connectivity index (χ3v) is 3.52. The molecule has 3 rings (SSSR count). The molecule has 0 bridgehead atoms. The molecule has 1 heterocycles. The van der Waals surface area contributed by atoms with Crippen LogP contribution >= 0.6 is 0 Å². The van der Waals surface area contributed by atoms with Crippen LogP contribution in [0.15, 0.2) is 36.4 Å². The molecule has 0 saturated heterocycles. The van der Waals surface area contributed by atoms with Crippen LogP contribution in [0.3, 0.4) is 0 Å². The number of carbonyl (C=O) groups is 1. The predicted octanol–water partition coefficient (Wildman–Crippen LogP) is 3.45. The molecule has 0 unspecified atom stereocenters. The lowest BCUT2D eigenvalue weighted by atomic mass is 10.1. The summed E-state index contributed by atoms with van der Waals surface area (Å²) in [5.41, 5.74) is 2.26. The second-order valence-corrected chi connectivity index (χ2v) is 5.70. The molecule has 0 radical (unpaired) electrons. The van der Waals surface area contributed by atoms with E-state index in [1.807, 2.05) is 26.0 Å². The zero-order valence-electron chi connectivity index (χ0n) is 13.8. The molecule has 0 spiro atoms. The van der Waals surface area contributed by atoms with E-state index in [9.17, 15) is 4.79 Å². The lowest BCUT2D eigenvalue weighted by Crippen LogP contribution is -2.16. The van der Waals surface area contributed by atoms with E-state index in [2.05, 4.69) is 6.07 Å². The van der Waals surface area contributed by atoms with Gasteiger partial charge in [-0.1, -0.05) is 6.07 Å². The first-order valence-electron chi connectivity index (χ1n) is 7.91. The molecule has 1 aliphatic heterocycles. The van der Waals surface area contributed by atoms with Crippen molar-refractivity contribution in [1.29, 1.82) is 0 Å². The first kappa shape index (κ1) is 16.2. The Morgan fingerprint density at radius 1 is 0.958 bits per heavy atom. The molecule has 1 aliphatic rings. The van der Waals surface area contributed by atoms with Crippen molar-refractivity contribution in [2.75, 3.05) is 19.8 Å². The maximum Gasteiger partial charge on any atom is 0.314 e. The van der Waals surface area contributed by atoms with E-state index >= 15 is 0 Å². The van der Waals surface area contributed by atoms with E-state index < -0.39 is 0 Å². The zero-order chi connectivity index (χ0) is 16.9. The number of aryl methyl sites for hydroxylation is 2. The lowest BCUT2D eigenvalue weighted by molar-refractivity contribution is -0.134. The van der Waals surface area contributed by atoms with Crippen molar-refractivity contribution in [3.05, 3.63) is 47.5 Å². The highest BCUT2D eigenvalue weighted by Gasteiger charge is 2.14. The topological polar surface area (TPSA) is 54.0 Å². The van der Waals surface area contributed by atoms with Crippen molar-refractivity contribution < 1.29 is 23.7 Å². The summed E-state index contributed by atoms with van der Waals surface area (Å²) in [7, 11) is 0. The molecule has 0 aromatic heterocycles. The number of rotatable bonds is 5. The summed E-state index contributed by atoms with van der Waals surface area (Å²) in [6.07, 6.45) is 0.168. The number of fused-ring (bicyclic) bond motifs is 1. The molecule has 0 amide bonds. The van der Waals surface area contributed by atoms with Crippen LogP contribution < -0.4 is 18.9 Å². The summed E-state index contributed by atoms with van der Waals surface area (Å²) in [6.45, 7) is 5.31. The maximum absolute atomic E-state index is 11.9. The van der Waals surface area contributed by atoms with Gasteiger partial charge in [0.15, 0.2) is 11.5 Å². The highest BCUT2D eigenvalue weighted by molar-refractivity contribution is 5.72. The SMILES string of the molecule is Cc1cc(C)cc(OCCC(=O)Oc2ccc3c(c2)OCCO3)c1. The first-order valence-corrected chi connectivity index (χ1v) is 7.91. The van der Waals surface area contributed by atoms with E-state index in [1.165, 1.54) is 0 Å². The molecular weight excluding hydrogens is 308 g/mol. The van der Waals surface area contributed by atoms with E-state index in [1.54, 1.807) is 18.2 Å². The molecule has 0 N–H and O–H groups in total. The van der Waals surface area contributed by atoms with Gasteiger partial charge in [-0.15, -0.1) is 0 Å². The number of benzene rings is 2. The highest BCUT2D eigenvalue weighted by Crippen LogP contribution is 2.33. The Morgan fingerprint density at radius 2 is 1.67 bits per heavy atom. The van der Waals surface area contributed by atoms with Crippen molar-refractivity contribution in [3.63, 3.8) is 0 Å². The van der Waals surface area contributed by atoms with Crippen molar-refractivity contribution in [2.45, 2.75) is 20.3 Å². The Balaban J connectivity index is 1.50. The molecule has 2 aromatic rings. The second kappa shape index (κ2) is 7.25. The van der Waals surface area contributed by atoms with Crippen LogP contribution in [-0.2, 0) is 4.79 Å². The van der Waals surface area contributed by atoms with E-state index in [0.717, 1.165) is 16.9 Å². The van der Waals surface area contributed by atoms with Gasteiger partial charge < -0.3 is 18.9 Å². The molecule has 0 saturated carbocycles. The number of hydrogen-bond donors (Lipinski definition) is 0. The van der Waals surface area contributed by atoms with Gasteiger partial charge in [0.1, 0.15) is 24.7 Å². The summed E-state index contributed by atoms with van der Waals surface area (Å²) in [5, 5.41) is 0. The number of ether oxygens (including phenoxy) is 4.